The van der Waals surface area contributed by atoms with Gasteiger partial charge in [-0.05, 0) is 73.4 Å². The highest BCUT2D eigenvalue weighted by Crippen LogP contribution is 2.35. The van der Waals surface area contributed by atoms with Crippen molar-refractivity contribution in [1.82, 2.24) is 34.9 Å². The minimum atomic E-state index is -0.464. The van der Waals surface area contributed by atoms with Crippen LogP contribution in [0.4, 0.5) is 11.6 Å². The molecule has 4 N–H and O–H groups in total. The normalized spacial score (nSPS) is 17.7. The Morgan fingerprint density at radius 2 is 1.71 bits per heavy atom. The first kappa shape index (κ1) is 28.4. The van der Waals surface area contributed by atoms with Gasteiger partial charge in [0.15, 0.2) is 5.65 Å². The lowest BCUT2D eigenvalue weighted by molar-refractivity contribution is -0.133. The molecule has 5 heterocycles. The minimum absolute atomic E-state index is 0.162. The third-order valence-electron chi connectivity index (χ3n) is 8.32. The number of hydrogen-bond acceptors (Lipinski definition) is 10. The summed E-state index contributed by atoms with van der Waals surface area (Å²) in [7, 11) is 0. The summed E-state index contributed by atoms with van der Waals surface area (Å²) in [6.45, 7) is 2.52. The van der Waals surface area contributed by atoms with Crippen LogP contribution in [0.1, 0.15) is 37.3 Å². The Hall–Kier alpha value is -5.36. The molecule has 2 amide bonds. The van der Waals surface area contributed by atoms with Crippen molar-refractivity contribution in [3.8, 4) is 22.8 Å². The maximum absolute atomic E-state index is 12.2. The average Bonchev–Trinajstić information content (AvgIpc) is 3.45. The van der Waals surface area contributed by atoms with Gasteiger partial charge in [0.2, 0.25) is 11.8 Å². The zero-order valence-electron chi connectivity index (χ0n) is 24.6. The molecule has 45 heavy (non-hydrogen) atoms. The summed E-state index contributed by atoms with van der Waals surface area (Å²) in [5.41, 5.74) is 9.88. The first-order valence-electron chi connectivity index (χ1n) is 15.1. The van der Waals surface area contributed by atoms with E-state index in [0.717, 1.165) is 71.8 Å². The predicted molar refractivity (Wildman–Crippen MR) is 169 cm³/mol. The van der Waals surface area contributed by atoms with Crippen LogP contribution in [-0.4, -0.2) is 60.6 Å². The molecule has 1 atom stereocenters. The average molecular weight is 604 g/mol. The first-order chi connectivity index (χ1) is 22.0. The number of nitrogens with one attached hydrogen (secondary N) is 2. The number of para-hydroxylation sites is 1. The van der Waals surface area contributed by atoms with Crippen molar-refractivity contribution in [3.63, 3.8) is 0 Å². The van der Waals surface area contributed by atoms with E-state index in [1.807, 2.05) is 71.4 Å². The van der Waals surface area contributed by atoms with Crippen LogP contribution in [0, 0.1) is 0 Å². The molecule has 7 rings (SSSR count). The second kappa shape index (κ2) is 12.3. The molecule has 12 nitrogen and oxygen atoms in total. The third kappa shape index (κ3) is 6.18. The molecule has 0 bridgehead atoms. The summed E-state index contributed by atoms with van der Waals surface area (Å²) in [6, 6.07) is 21.2. The van der Waals surface area contributed by atoms with E-state index in [4.69, 9.17) is 15.6 Å². The van der Waals surface area contributed by atoms with Crippen LogP contribution in [0.2, 0.25) is 0 Å². The summed E-state index contributed by atoms with van der Waals surface area (Å²) in [6.07, 6.45) is 5.82. The SMILES string of the molecule is Nc1ncnc2c1c(-c1ccc(Oc3ccccc3)cc1)nn2C1CCN(Cc2ccnc(NC3CCC(=O)NC3=O)c2)CC1. The number of likely N-dealkylation sites (tertiary alicyclic amines) is 1. The lowest BCUT2D eigenvalue weighted by Crippen LogP contribution is -2.47. The molecule has 0 aliphatic carbocycles. The Bertz CT molecular complexity index is 1830. The zero-order chi connectivity index (χ0) is 30.8. The maximum Gasteiger partial charge on any atom is 0.249 e. The van der Waals surface area contributed by atoms with Crippen molar-refractivity contribution >= 4 is 34.5 Å². The van der Waals surface area contributed by atoms with E-state index in [2.05, 4.69) is 30.5 Å². The van der Waals surface area contributed by atoms with E-state index < -0.39 is 6.04 Å². The molecule has 0 radical (unpaired) electrons. The highest BCUT2D eigenvalue weighted by molar-refractivity contribution is 6.01. The van der Waals surface area contributed by atoms with Crippen LogP contribution < -0.4 is 21.1 Å². The highest BCUT2D eigenvalue weighted by atomic mass is 16.5. The van der Waals surface area contributed by atoms with Crippen LogP contribution in [0.15, 0.2) is 79.3 Å². The molecule has 2 fully saturated rings. The number of pyridine rings is 1. The molecule has 2 aliphatic rings. The lowest BCUT2D eigenvalue weighted by Gasteiger charge is -2.32. The number of rotatable bonds is 8. The summed E-state index contributed by atoms with van der Waals surface area (Å²) >= 11 is 0. The van der Waals surface area contributed by atoms with Crippen molar-refractivity contribution in [2.45, 2.75) is 44.3 Å². The molecule has 3 aromatic heterocycles. The molecule has 5 aromatic rings. The van der Waals surface area contributed by atoms with Gasteiger partial charge in [-0.2, -0.15) is 5.10 Å². The van der Waals surface area contributed by atoms with Crippen LogP contribution in [-0.2, 0) is 16.1 Å². The molecule has 0 spiro atoms. The number of carbonyl (C=O) groups is 2. The minimum Gasteiger partial charge on any atom is -0.457 e. The van der Waals surface area contributed by atoms with Gasteiger partial charge in [-0.15, -0.1) is 0 Å². The van der Waals surface area contributed by atoms with Crippen molar-refractivity contribution in [3.05, 3.63) is 84.8 Å². The number of carbonyl (C=O) groups excluding carboxylic acids is 2. The Balaban J connectivity index is 1.03. The van der Waals surface area contributed by atoms with Gasteiger partial charge in [0.25, 0.3) is 0 Å². The fraction of sp³-hybridized carbons (Fsp3) is 0.273. The van der Waals surface area contributed by atoms with Gasteiger partial charge >= 0.3 is 0 Å². The molecule has 0 saturated carbocycles. The smallest absolute Gasteiger partial charge is 0.249 e. The number of hydrogen-bond donors (Lipinski definition) is 3. The molecule has 2 saturated heterocycles. The molecule has 1 unspecified atom stereocenters. The fourth-order valence-electron chi connectivity index (χ4n) is 6.00. The number of benzene rings is 2. The number of anilines is 2. The van der Waals surface area contributed by atoms with Crippen LogP contribution in [0.3, 0.4) is 0 Å². The van der Waals surface area contributed by atoms with Crippen LogP contribution >= 0.6 is 0 Å². The van der Waals surface area contributed by atoms with Crippen LogP contribution in [0.25, 0.3) is 22.3 Å². The largest absolute Gasteiger partial charge is 0.457 e. The molecule has 228 valence electrons. The highest BCUT2D eigenvalue weighted by Gasteiger charge is 2.28. The zero-order valence-corrected chi connectivity index (χ0v) is 24.6. The summed E-state index contributed by atoms with van der Waals surface area (Å²) < 4.78 is 7.98. The number of fused-ring (bicyclic) bond motifs is 1. The van der Waals surface area contributed by atoms with Crippen molar-refractivity contribution in [2.75, 3.05) is 24.1 Å². The molecule has 12 heteroatoms. The Labute approximate surface area is 259 Å². The molecule has 2 aliphatic heterocycles. The number of nitrogens with zero attached hydrogens (tertiary/aromatic N) is 6. The van der Waals surface area contributed by atoms with Crippen molar-refractivity contribution in [2.24, 2.45) is 0 Å². The van der Waals surface area contributed by atoms with E-state index >= 15 is 0 Å². The number of nitrogens with two attached hydrogens (primary N) is 1. The predicted octanol–water partition coefficient (Wildman–Crippen LogP) is 4.32. The van der Waals surface area contributed by atoms with E-state index in [-0.39, 0.29) is 17.9 Å². The number of amides is 2. The number of ether oxygens (including phenoxy) is 1. The second-order valence-corrected chi connectivity index (χ2v) is 11.4. The lowest BCUT2D eigenvalue weighted by atomic mass is 10.0. The topological polar surface area (TPSA) is 153 Å². The standard InChI is InChI=1S/C33H33N9O3/c34-31-29-30(22-6-8-25(9-7-22)45-24-4-2-1-3-5-24)40-42(32(29)37-20-36-31)23-13-16-41(17-14-23)19-21-12-15-35-27(18-21)38-26-10-11-28(43)39-33(26)44/h1-9,12,15,18,20,23,26H,10-11,13-14,16-17,19H2,(H,35,38)(H2,34,36,37)(H,39,43,44). The van der Waals surface area contributed by atoms with E-state index in [0.29, 0.717) is 24.5 Å². The van der Waals surface area contributed by atoms with Gasteiger partial charge in [-0.1, -0.05) is 18.2 Å². The third-order valence-corrected chi connectivity index (χ3v) is 8.32. The Kier molecular flexibility index (Phi) is 7.78. The quantitative estimate of drug-likeness (QED) is 0.219. The number of nitrogen functional groups attached to an aromatic ring is 1. The molecular weight excluding hydrogens is 570 g/mol. The van der Waals surface area contributed by atoms with Gasteiger partial charge in [0.1, 0.15) is 41.2 Å². The van der Waals surface area contributed by atoms with Gasteiger partial charge in [-0.25, -0.2) is 19.6 Å². The van der Waals surface area contributed by atoms with E-state index in [1.165, 1.54) is 6.33 Å². The summed E-state index contributed by atoms with van der Waals surface area (Å²) in [4.78, 5) is 39.3. The summed E-state index contributed by atoms with van der Waals surface area (Å²) in [5, 5.41) is 11.4. The number of aromatic nitrogens is 5. The number of imide groups is 1. The molecular formula is C33H33N9O3. The second-order valence-electron chi connectivity index (χ2n) is 11.4. The van der Waals surface area contributed by atoms with E-state index in [1.54, 1.807) is 6.20 Å². The molecule has 2 aromatic carbocycles. The number of piperidine rings is 2. The van der Waals surface area contributed by atoms with Gasteiger partial charge < -0.3 is 15.8 Å². The van der Waals surface area contributed by atoms with Crippen LogP contribution in [0.5, 0.6) is 11.5 Å². The first-order valence-corrected chi connectivity index (χ1v) is 15.1. The maximum atomic E-state index is 12.2. The summed E-state index contributed by atoms with van der Waals surface area (Å²) in [5.74, 6) is 2.00. The van der Waals surface area contributed by atoms with Gasteiger partial charge in [-0.3, -0.25) is 19.8 Å². The Morgan fingerprint density at radius 3 is 2.49 bits per heavy atom. The Morgan fingerprint density at radius 1 is 0.933 bits per heavy atom. The van der Waals surface area contributed by atoms with E-state index in [9.17, 15) is 9.59 Å². The van der Waals surface area contributed by atoms with Crippen molar-refractivity contribution in [1.29, 1.82) is 0 Å². The monoisotopic (exact) mass is 603 g/mol. The van der Waals surface area contributed by atoms with Gasteiger partial charge in [0, 0.05) is 37.8 Å². The van der Waals surface area contributed by atoms with Gasteiger partial charge in [0.05, 0.1) is 11.4 Å². The van der Waals surface area contributed by atoms with Crippen molar-refractivity contribution < 1.29 is 14.3 Å². The fourth-order valence-corrected chi connectivity index (χ4v) is 6.00.